The first-order valence-corrected chi connectivity index (χ1v) is 12.8. The van der Waals surface area contributed by atoms with Crippen molar-refractivity contribution in [3.63, 3.8) is 0 Å². The number of likely N-dealkylation sites (tertiary alicyclic amines) is 1. The molecular formula is C28H33N5O3. The van der Waals surface area contributed by atoms with Crippen LogP contribution in [0.5, 0.6) is 0 Å². The maximum absolute atomic E-state index is 13.4. The number of piperidine rings is 1. The lowest BCUT2D eigenvalue weighted by Gasteiger charge is -2.36. The zero-order chi connectivity index (χ0) is 24.9. The van der Waals surface area contributed by atoms with Crippen molar-refractivity contribution in [1.82, 2.24) is 25.1 Å². The molecule has 36 heavy (non-hydrogen) atoms. The van der Waals surface area contributed by atoms with Gasteiger partial charge in [-0.3, -0.25) is 9.59 Å². The highest BCUT2D eigenvalue weighted by atomic mass is 16.4. The van der Waals surface area contributed by atoms with Gasteiger partial charge in [-0.25, -0.2) is 4.98 Å². The van der Waals surface area contributed by atoms with Crippen LogP contribution in [0.15, 0.2) is 78.3 Å². The molecule has 1 unspecified atom stereocenters. The van der Waals surface area contributed by atoms with E-state index >= 15 is 0 Å². The number of aliphatic carboxylic acids is 1. The number of nitrogens with zero attached hydrogens (tertiary/aromatic N) is 3. The number of nitrogens with one attached hydrogen (secondary N) is 2. The number of benzene rings is 1. The van der Waals surface area contributed by atoms with Gasteiger partial charge in [-0.05, 0) is 50.2 Å². The van der Waals surface area contributed by atoms with E-state index in [2.05, 4.69) is 44.5 Å². The molecule has 1 aromatic carbocycles. The summed E-state index contributed by atoms with van der Waals surface area (Å²) in [5.74, 6) is -0.767. The summed E-state index contributed by atoms with van der Waals surface area (Å²) >= 11 is 0. The Bertz CT molecular complexity index is 1180. The molecule has 188 valence electrons. The van der Waals surface area contributed by atoms with E-state index in [1.165, 1.54) is 0 Å². The van der Waals surface area contributed by atoms with Gasteiger partial charge in [-0.15, -0.1) is 0 Å². The van der Waals surface area contributed by atoms with Gasteiger partial charge in [0, 0.05) is 43.6 Å². The molecule has 3 aliphatic rings. The third-order valence-corrected chi connectivity index (χ3v) is 7.25. The average molecular weight is 488 g/mol. The standard InChI is InChI=1S/C28H33N5O3/c34-26(35)9-5-4-8-24-27(20-6-2-1-3-7-20)31-23-11-10-21(18-25(23)30-24)28(36)32-15-12-22(13-16-32)33-17-14-29-19-33/h1-3,6-7,11,14,17-19,21-22,30-31H,4-5,8-10,12-13,15-16H2,(H,34,35). The maximum Gasteiger partial charge on any atom is 0.303 e. The zero-order valence-electron chi connectivity index (χ0n) is 20.4. The van der Waals surface area contributed by atoms with E-state index in [1.54, 1.807) is 6.20 Å². The second kappa shape index (κ2) is 10.8. The number of fused-ring (bicyclic) bond motifs is 1. The predicted molar refractivity (Wildman–Crippen MR) is 137 cm³/mol. The number of carboxylic acid groups (broad SMARTS) is 1. The molecule has 1 aliphatic carbocycles. The van der Waals surface area contributed by atoms with Crippen LogP contribution in [0.2, 0.25) is 0 Å². The fourth-order valence-electron chi connectivity index (χ4n) is 5.27. The van der Waals surface area contributed by atoms with Crippen molar-refractivity contribution in [1.29, 1.82) is 0 Å². The summed E-state index contributed by atoms with van der Waals surface area (Å²) < 4.78 is 2.14. The zero-order valence-corrected chi connectivity index (χ0v) is 20.4. The monoisotopic (exact) mass is 487 g/mol. The summed E-state index contributed by atoms with van der Waals surface area (Å²) in [6.07, 6.45) is 14.7. The van der Waals surface area contributed by atoms with E-state index in [1.807, 2.05) is 35.6 Å². The van der Waals surface area contributed by atoms with Crippen molar-refractivity contribution in [2.24, 2.45) is 5.92 Å². The Balaban J connectivity index is 1.28. The molecule has 8 heteroatoms. The van der Waals surface area contributed by atoms with Crippen LogP contribution in [0.1, 0.15) is 56.6 Å². The van der Waals surface area contributed by atoms with Crippen LogP contribution in [-0.4, -0.2) is 44.5 Å². The topological polar surface area (TPSA) is 99.5 Å². The first-order valence-electron chi connectivity index (χ1n) is 12.8. The minimum absolute atomic E-state index is 0.170. The second-order valence-electron chi connectivity index (χ2n) is 9.68. The molecule has 1 saturated heterocycles. The fourth-order valence-corrected chi connectivity index (χ4v) is 5.27. The first-order chi connectivity index (χ1) is 17.6. The molecule has 0 spiro atoms. The van der Waals surface area contributed by atoms with Crippen LogP contribution in [0.4, 0.5) is 0 Å². The highest BCUT2D eigenvalue weighted by Crippen LogP contribution is 2.32. The summed E-state index contributed by atoms with van der Waals surface area (Å²) in [5, 5.41) is 16.2. The largest absolute Gasteiger partial charge is 0.481 e. The van der Waals surface area contributed by atoms with Crippen LogP contribution in [0.3, 0.4) is 0 Å². The van der Waals surface area contributed by atoms with Gasteiger partial charge in [0.05, 0.1) is 29.3 Å². The predicted octanol–water partition coefficient (Wildman–Crippen LogP) is 4.04. The molecule has 1 aromatic heterocycles. The number of hydrogen-bond donors (Lipinski definition) is 3. The Hall–Kier alpha value is -3.81. The minimum atomic E-state index is -0.766. The summed E-state index contributed by atoms with van der Waals surface area (Å²) in [6, 6.07) is 10.6. The third kappa shape index (κ3) is 5.37. The van der Waals surface area contributed by atoms with Crippen molar-refractivity contribution in [2.45, 2.75) is 51.0 Å². The first kappa shape index (κ1) is 23.9. The van der Waals surface area contributed by atoms with E-state index in [4.69, 9.17) is 5.11 Å². The number of aromatic nitrogens is 2. The number of unbranched alkanes of at least 4 members (excludes halogenated alkanes) is 1. The molecule has 1 atom stereocenters. The Labute approximate surface area is 211 Å². The van der Waals surface area contributed by atoms with Gasteiger partial charge in [0.15, 0.2) is 0 Å². The van der Waals surface area contributed by atoms with Gasteiger partial charge in [0.1, 0.15) is 0 Å². The molecule has 1 fully saturated rings. The van der Waals surface area contributed by atoms with Crippen molar-refractivity contribution in [3.8, 4) is 0 Å². The minimum Gasteiger partial charge on any atom is -0.481 e. The SMILES string of the molecule is O=C(O)CCCCC1=C(c2ccccc2)NC2=CCC(C(=O)N3CCC(n4ccnc4)CC3)C=C2N1. The van der Waals surface area contributed by atoms with Crippen molar-refractivity contribution in [2.75, 3.05) is 13.1 Å². The molecule has 0 bridgehead atoms. The number of imidazole rings is 1. The number of amides is 1. The number of carbonyl (C=O) groups is 2. The maximum atomic E-state index is 13.4. The molecule has 0 radical (unpaired) electrons. The third-order valence-electron chi connectivity index (χ3n) is 7.25. The fraction of sp³-hybridized carbons (Fsp3) is 0.393. The van der Waals surface area contributed by atoms with Gasteiger partial charge >= 0.3 is 5.97 Å². The molecule has 3 N–H and O–H groups in total. The normalized spacial score (nSPS) is 20.1. The van der Waals surface area contributed by atoms with Crippen molar-refractivity contribution >= 4 is 17.6 Å². The average Bonchev–Trinajstić information content (AvgIpc) is 3.45. The highest BCUT2D eigenvalue weighted by Gasteiger charge is 2.31. The van der Waals surface area contributed by atoms with Gasteiger partial charge in [0.25, 0.3) is 0 Å². The molecule has 3 heterocycles. The summed E-state index contributed by atoms with van der Waals surface area (Å²) in [7, 11) is 0. The van der Waals surface area contributed by atoms with Crippen LogP contribution in [-0.2, 0) is 9.59 Å². The second-order valence-corrected chi connectivity index (χ2v) is 9.68. The Morgan fingerprint density at radius 3 is 2.58 bits per heavy atom. The highest BCUT2D eigenvalue weighted by molar-refractivity contribution is 5.82. The molecule has 8 nitrogen and oxygen atoms in total. The van der Waals surface area contributed by atoms with Gasteiger partial charge in [-0.2, -0.15) is 0 Å². The van der Waals surface area contributed by atoms with E-state index in [9.17, 15) is 9.59 Å². The number of carboxylic acids is 1. The molecule has 2 aliphatic heterocycles. The Morgan fingerprint density at radius 1 is 1.06 bits per heavy atom. The molecular weight excluding hydrogens is 454 g/mol. The van der Waals surface area contributed by atoms with Crippen LogP contribution < -0.4 is 10.6 Å². The molecule has 5 rings (SSSR count). The van der Waals surface area contributed by atoms with E-state index < -0.39 is 5.97 Å². The van der Waals surface area contributed by atoms with Gasteiger partial charge < -0.3 is 25.2 Å². The van der Waals surface area contributed by atoms with Crippen LogP contribution in [0.25, 0.3) is 5.70 Å². The van der Waals surface area contributed by atoms with E-state index in [-0.39, 0.29) is 18.2 Å². The number of allylic oxidation sites excluding steroid dienone is 2. The quantitative estimate of drug-likeness (QED) is 0.486. The lowest BCUT2D eigenvalue weighted by Crippen LogP contribution is -2.43. The number of carbonyl (C=O) groups excluding carboxylic acids is 1. The van der Waals surface area contributed by atoms with Crippen molar-refractivity contribution in [3.05, 3.63) is 83.9 Å². The summed E-state index contributed by atoms with van der Waals surface area (Å²) in [5.41, 5.74) is 5.05. The molecule has 1 amide bonds. The van der Waals surface area contributed by atoms with Crippen LogP contribution in [0, 0.1) is 5.92 Å². The van der Waals surface area contributed by atoms with E-state index in [0.29, 0.717) is 18.9 Å². The number of hydrogen-bond acceptors (Lipinski definition) is 5. The lowest BCUT2D eigenvalue weighted by molar-refractivity contribution is -0.137. The smallest absolute Gasteiger partial charge is 0.303 e. The van der Waals surface area contributed by atoms with Gasteiger partial charge in [0.2, 0.25) is 5.91 Å². The van der Waals surface area contributed by atoms with Gasteiger partial charge in [-0.1, -0.05) is 36.4 Å². The lowest BCUT2D eigenvalue weighted by atomic mass is 9.92. The van der Waals surface area contributed by atoms with E-state index in [0.717, 1.165) is 67.1 Å². The Kier molecular flexibility index (Phi) is 7.21. The summed E-state index contributed by atoms with van der Waals surface area (Å²) in [6.45, 7) is 1.52. The number of rotatable bonds is 8. The molecule has 0 saturated carbocycles. The molecule has 2 aromatic rings. The van der Waals surface area contributed by atoms with Crippen molar-refractivity contribution < 1.29 is 14.7 Å². The summed E-state index contributed by atoms with van der Waals surface area (Å²) in [4.78, 5) is 30.5. The Morgan fingerprint density at radius 2 is 1.86 bits per heavy atom. The van der Waals surface area contributed by atoms with Crippen LogP contribution >= 0.6 is 0 Å².